The smallest absolute Gasteiger partial charge is 0.139 e. The molecule has 0 aromatic heterocycles. The summed E-state index contributed by atoms with van der Waals surface area (Å²) in [5.41, 5.74) is 0.706. The van der Waals surface area contributed by atoms with E-state index in [9.17, 15) is 0 Å². The summed E-state index contributed by atoms with van der Waals surface area (Å²) in [6, 6.07) is 1.26. The predicted octanol–water partition coefficient (Wildman–Crippen LogP) is 2.71. The Morgan fingerprint density at radius 1 is 1.00 bits per heavy atom. The van der Waals surface area contributed by atoms with E-state index in [1.54, 1.807) is 14.2 Å². The molecule has 2 nitrogen and oxygen atoms in total. The van der Waals surface area contributed by atoms with Crippen LogP contribution >= 0.6 is 0 Å². The molecule has 0 spiro atoms. The van der Waals surface area contributed by atoms with E-state index in [-0.39, 0.29) is 5.91 Å². The highest BCUT2D eigenvalue weighted by Gasteiger charge is 2.27. The van der Waals surface area contributed by atoms with Crippen LogP contribution in [0.15, 0.2) is 0 Å². The fourth-order valence-electron chi connectivity index (χ4n) is 1.47. The Morgan fingerprint density at radius 2 is 1.46 bits per heavy atom. The molecule has 0 saturated carbocycles. The van der Waals surface area contributed by atoms with Gasteiger partial charge in [-0.2, -0.15) is 0 Å². The topological polar surface area (TPSA) is 18.5 Å². The minimum atomic E-state index is -0.546. The van der Waals surface area contributed by atoms with Gasteiger partial charge in [0, 0.05) is 14.2 Å². The number of ether oxygens (including phenoxy) is 2. The molecule has 3 heteroatoms. The van der Waals surface area contributed by atoms with Gasteiger partial charge in [-0.3, -0.25) is 0 Å². The summed E-state index contributed by atoms with van der Waals surface area (Å²) < 4.78 is 10.7. The summed E-state index contributed by atoms with van der Waals surface area (Å²) in [6.45, 7) is 9.05. The van der Waals surface area contributed by atoms with Gasteiger partial charge in [-0.1, -0.05) is 33.7 Å². The van der Waals surface area contributed by atoms with Crippen molar-refractivity contribution in [1.29, 1.82) is 0 Å². The Balaban J connectivity index is 4.21. The summed E-state index contributed by atoms with van der Waals surface area (Å²) in [4.78, 5) is 0. The summed E-state index contributed by atoms with van der Waals surface area (Å²) in [5.74, 6) is 0.788. The van der Waals surface area contributed by atoms with Crippen LogP contribution in [0.4, 0.5) is 0 Å². The Kier molecular flexibility index (Phi) is 6.64. The standard InChI is InChI=1S/C10H23O2Si/c1-8(2)7-13(9(3)4)10(11-5)12-6/h8-10H,7H2,1-6H3. The average molecular weight is 203 g/mol. The lowest BCUT2D eigenvalue weighted by Gasteiger charge is -2.27. The van der Waals surface area contributed by atoms with Gasteiger partial charge in [0.15, 0.2) is 0 Å². The van der Waals surface area contributed by atoms with Crippen molar-refractivity contribution in [2.45, 2.75) is 45.2 Å². The fourth-order valence-corrected chi connectivity index (χ4v) is 4.23. The first-order valence-electron chi connectivity index (χ1n) is 4.94. The zero-order valence-corrected chi connectivity index (χ0v) is 10.8. The molecular formula is C10H23O2Si. The van der Waals surface area contributed by atoms with Gasteiger partial charge in [0.2, 0.25) is 0 Å². The molecule has 0 aromatic carbocycles. The molecule has 13 heavy (non-hydrogen) atoms. The highest BCUT2D eigenvalue weighted by molar-refractivity contribution is 6.61. The summed E-state index contributed by atoms with van der Waals surface area (Å²) >= 11 is 0. The molecule has 0 amide bonds. The van der Waals surface area contributed by atoms with Crippen LogP contribution in [0.25, 0.3) is 0 Å². The van der Waals surface area contributed by atoms with E-state index in [0.717, 1.165) is 5.92 Å². The van der Waals surface area contributed by atoms with Crippen LogP contribution in [0.2, 0.25) is 11.6 Å². The second-order valence-electron chi connectivity index (χ2n) is 4.13. The first kappa shape index (κ1) is 13.1. The van der Waals surface area contributed by atoms with Crippen LogP contribution in [0, 0.1) is 5.92 Å². The van der Waals surface area contributed by atoms with E-state index in [2.05, 4.69) is 27.7 Å². The van der Waals surface area contributed by atoms with Gasteiger partial charge >= 0.3 is 0 Å². The van der Waals surface area contributed by atoms with E-state index in [0.29, 0.717) is 5.54 Å². The van der Waals surface area contributed by atoms with Gasteiger partial charge in [-0.25, -0.2) is 0 Å². The molecular weight excluding hydrogens is 180 g/mol. The molecule has 0 rings (SSSR count). The van der Waals surface area contributed by atoms with Crippen molar-refractivity contribution in [2.24, 2.45) is 5.92 Å². The van der Waals surface area contributed by atoms with Crippen LogP contribution < -0.4 is 0 Å². The lowest BCUT2D eigenvalue weighted by atomic mass is 10.3. The molecule has 0 fully saturated rings. The molecule has 0 saturated heterocycles. The third-order valence-corrected chi connectivity index (χ3v) is 5.96. The van der Waals surface area contributed by atoms with E-state index < -0.39 is 8.80 Å². The van der Waals surface area contributed by atoms with Crippen LogP contribution in [-0.4, -0.2) is 28.9 Å². The zero-order chi connectivity index (χ0) is 10.4. The number of methoxy groups -OCH3 is 2. The summed E-state index contributed by atoms with van der Waals surface area (Å²) in [6.07, 6.45) is 0. The monoisotopic (exact) mass is 203 g/mol. The van der Waals surface area contributed by atoms with Crippen molar-refractivity contribution in [2.75, 3.05) is 14.2 Å². The highest BCUT2D eigenvalue weighted by Crippen LogP contribution is 2.21. The maximum absolute atomic E-state index is 5.35. The number of hydrogen-bond acceptors (Lipinski definition) is 2. The summed E-state index contributed by atoms with van der Waals surface area (Å²) in [5, 5.41) is 0. The molecule has 0 atom stereocenters. The molecule has 79 valence electrons. The van der Waals surface area contributed by atoms with Gasteiger partial charge in [0.05, 0.1) is 0 Å². The van der Waals surface area contributed by atoms with E-state index in [1.807, 2.05) is 0 Å². The molecule has 1 radical (unpaired) electrons. The minimum Gasteiger partial charge on any atom is -0.360 e. The maximum atomic E-state index is 5.35. The quantitative estimate of drug-likeness (QED) is 0.488. The second kappa shape index (κ2) is 6.57. The molecule has 0 heterocycles. The van der Waals surface area contributed by atoms with Gasteiger partial charge in [0.25, 0.3) is 0 Å². The van der Waals surface area contributed by atoms with Crippen molar-refractivity contribution in [3.8, 4) is 0 Å². The van der Waals surface area contributed by atoms with E-state index in [4.69, 9.17) is 9.47 Å². The third-order valence-electron chi connectivity index (χ3n) is 2.12. The lowest BCUT2D eigenvalue weighted by molar-refractivity contribution is -0.0484. The second-order valence-corrected chi connectivity index (χ2v) is 7.32. The first-order valence-corrected chi connectivity index (χ1v) is 6.80. The number of hydrogen-bond donors (Lipinski definition) is 0. The Morgan fingerprint density at radius 3 is 1.69 bits per heavy atom. The van der Waals surface area contributed by atoms with Gasteiger partial charge < -0.3 is 9.47 Å². The van der Waals surface area contributed by atoms with E-state index in [1.165, 1.54) is 6.04 Å². The van der Waals surface area contributed by atoms with Gasteiger partial charge in [0.1, 0.15) is 14.7 Å². The molecule has 0 aliphatic heterocycles. The number of rotatable bonds is 6. The predicted molar refractivity (Wildman–Crippen MR) is 58.3 cm³/mol. The normalized spacial score (nSPS) is 12.5. The van der Waals surface area contributed by atoms with Gasteiger partial charge in [-0.05, 0) is 11.5 Å². The van der Waals surface area contributed by atoms with Crippen molar-refractivity contribution in [1.82, 2.24) is 0 Å². The summed E-state index contributed by atoms with van der Waals surface area (Å²) in [7, 11) is 2.93. The third kappa shape index (κ3) is 4.79. The van der Waals surface area contributed by atoms with Crippen LogP contribution in [0.5, 0.6) is 0 Å². The van der Waals surface area contributed by atoms with Crippen LogP contribution in [0.1, 0.15) is 27.7 Å². The van der Waals surface area contributed by atoms with E-state index >= 15 is 0 Å². The first-order chi connectivity index (χ1) is 6.02. The Bertz CT molecular complexity index is 122. The van der Waals surface area contributed by atoms with Crippen molar-refractivity contribution in [3.63, 3.8) is 0 Å². The van der Waals surface area contributed by atoms with Crippen molar-refractivity contribution >= 4 is 8.80 Å². The Hall–Kier alpha value is 0.137. The zero-order valence-electron chi connectivity index (χ0n) is 9.76. The fraction of sp³-hybridized carbons (Fsp3) is 1.00. The Labute approximate surface area is 84.2 Å². The minimum absolute atomic E-state index is 0.0485. The molecule has 0 aromatic rings. The maximum Gasteiger partial charge on any atom is 0.139 e. The highest BCUT2D eigenvalue weighted by atomic mass is 28.3. The molecule has 0 bridgehead atoms. The van der Waals surface area contributed by atoms with Crippen LogP contribution in [-0.2, 0) is 9.47 Å². The van der Waals surface area contributed by atoms with Crippen molar-refractivity contribution in [3.05, 3.63) is 0 Å². The molecule has 0 unspecified atom stereocenters. The molecule has 0 aliphatic carbocycles. The van der Waals surface area contributed by atoms with Crippen molar-refractivity contribution < 1.29 is 9.47 Å². The average Bonchev–Trinajstić information content (AvgIpc) is 2.04. The lowest BCUT2D eigenvalue weighted by Crippen LogP contribution is -2.37. The largest absolute Gasteiger partial charge is 0.360 e. The molecule has 0 N–H and O–H groups in total. The van der Waals surface area contributed by atoms with Crippen LogP contribution in [0.3, 0.4) is 0 Å². The molecule has 0 aliphatic rings. The van der Waals surface area contributed by atoms with Gasteiger partial charge in [-0.15, -0.1) is 0 Å². The SMILES string of the molecule is COC(OC)[Si](CC(C)C)C(C)C.